The van der Waals surface area contributed by atoms with E-state index in [1.54, 1.807) is 24.3 Å². The second-order valence-electron chi connectivity index (χ2n) is 4.93. The van der Waals surface area contributed by atoms with Crippen LogP contribution in [0.25, 0.3) is 0 Å². The van der Waals surface area contributed by atoms with Gasteiger partial charge >= 0.3 is 5.97 Å². The van der Waals surface area contributed by atoms with Gasteiger partial charge in [0.25, 0.3) is 0 Å². The molecule has 0 radical (unpaired) electrons. The molecule has 0 heterocycles. The molecule has 0 aromatic heterocycles. The standard InChI is InChI=1S/C13H13O3.C5H5.Fe/c14-12(9-5-1-2-6-9)10-7-3-4-8-11(10)13(15)16;1-2-4-5-3-1;/h1-2,5-6H,3-4,7-8H2,(H,15,16);1-5H;/q-5;-1;. The van der Waals surface area contributed by atoms with Crippen LogP contribution < -0.4 is 0 Å². The van der Waals surface area contributed by atoms with Gasteiger partial charge in [-0.05, 0) is 6.42 Å². The molecule has 1 aliphatic carbocycles. The monoisotopic (exact) mass is 338 g/mol. The second-order valence-corrected chi connectivity index (χ2v) is 4.93. The zero-order chi connectivity index (χ0) is 15.1. The Morgan fingerprint density at radius 3 is 2.00 bits per heavy atom. The van der Waals surface area contributed by atoms with E-state index in [0.717, 1.165) is 12.8 Å². The summed E-state index contributed by atoms with van der Waals surface area (Å²) < 4.78 is 0. The Balaban J connectivity index is 0.000000344. The van der Waals surface area contributed by atoms with E-state index in [1.165, 1.54) is 0 Å². The summed E-state index contributed by atoms with van der Waals surface area (Å²) in [5, 5.41) is 9.04. The topological polar surface area (TPSA) is 54.4 Å². The van der Waals surface area contributed by atoms with Crippen molar-refractivity contribution in [1.29, 1.82) is 0 Å². The molecule has 2 aromatic carbocycles. The van der Waals surface area contributed by atoms with Gasteiger partial charge in [-0.1, -0.05) is 12.8 Å². The SMILES string of the molecule is O=C(O)C1=C(C(=O)[c-]2[cH-][cH-][cH-][cH-]2)CCCC1.[Fe].c1cc[cH-]c1. The van der Waals surface area contributed by atoms with Gasteiger partial charge in [-0.2, -0.15) is 18.2 Å². The molecule has 0 saturated carbocycles. The Morgan fingerprint density at radius 1 is 1.00 bits per heavy atom. The number of hydrogen-bond donors (Lipinski definition) is 1. The van der Waals surface area contributed by atoms with E-state index in [1.807, 2.05) is 30.3 Å². The Kier molecular flexibility index (Phi) is 7.58. The zero-order valence-electron chi connectivity index (χ0n) is 12.1. The molecule has 4 heteroatoms. The van der Waals surface area contributed by atoms with Gasteiger partial charge in [0.15, 0.2) is 0 Å². The average molecular weight is 338 g/mol. The number of carboxylic acids is 1. The molecule has 1 N–H and O–H groups in total. The summed E-state index contributed by atoms with van der Waals surface area (Å²) in [6.45, 7) is 0. The number of hydrogen-bond acceptors (Lipinski definition) is 2. The van der Waals surface area contributed by atoms with Crippen LogP contribution in [0.5, 0.6) is 0 Å². The van der Waals surface area contributed by atoms with Crippen LogP contribution in [0.2, 0.25) is 0 Å². The minimum absolute atomic E-state index is 0. The number of allylic oxidation sites excluding steroid dienone is 1. The molecule has 0 atom stereocenters. The molecule has 22 heavy (non-hydrogen) atoms. The number of carbonyl (C=O) groups excluding carboxylic acids is 1. The quantitative estimate of drug-likeness (QED) is 0.524. The van der Waals surface area contributed by atoms with Crippen molar-refractivity contribution in [1.82, 2.24) is 0 Å². The van der Waals surface area contributed by atoms with E-state index in [9.17, 15) is 9.59 Å². The van der Waals surface area contributed by atoms with Gasteiger partial charge in [-0.3, -0.25) is 0 Å². The Bertz CT molecular complexity index is 590. The summed E-state index contributed by atoms with van der Waals surface area (Å²) in [5.74, 6) is -1.07. The molecule has 0 bridgehead atoms. The molecular formula is C18H18FeO3-6. The van der Waals surface area contributed by atoms with Gasteiger partial charge in [0.2, 0.25) is 0 Å². The molecule has 0 spiro atoms. The zero-order valence-corrected chi connectivity index (χ0v) is 13.2. The molecular weight excluding hydrogens is 320 g/mol. The number of carboxylic acid groups (broad SMARTS) is 1. The molecule has 3 nitrogen and oxygen atoms in total. The van der Waals surface area contributed by atoms with Crippen molar-refractivity contribution in [3.05, 3.63) is 71.3 Å². The van der Waals surface area contributed by atoms with E-state index in [0.29, 0.717) is 29.6 Å². The van der Waals surface area contributed by atoms with Crippen LogP contribution in [0.1, 0.15) is 36.0 Å². The fraction of sp³-hybridized carbons (Fsp3) is 0.222. The minimum Gasteiger partial charge on any atom is -0.645 e. The normalized spacial score (nSPS) is 13.6. The van der Waals surface area contributed by atoms with E-state index < -0.39 is 5.97 Å². The summed E-state index contributed by atoms with van der Waals surface area (Å²) in [5.41, 5.74) is 1.39. The van der Waals surface area contributed by atoms with Crippen LogP contribution >= 0.6 is 0 Å². The van der Waals surface area contributed by atoms with Crippen LogP contribution in [-0.2, 0) is 21.9 Å². The third-order valence-electron chi connectivity index (χ3n) is 3.48. The van der Waals surface area contributed by atoms with Crippen molar-refractivity contribution in [2.24, 2.45) is 0 Å². The van der Waals surface area contributed by atoms with Crippen molar-refractivity contribution < 1.29 is 31.8 Å². The molecule has 0 aliphatic heterocycles. The van der Waals surface area contributed by atoms with Gasteiger partial charge in [0.1, 0.15) is 0 Å². The number of ketones is 1. The van der Waals surface area contributed by atoms with E-state index >= 15 is 0 Å². The number of carbonyl (C=O) groups is 2. The largest absolute Gasteiger partial charge is 0.645 e. The van der Waals surface area contributed by atoms with Crippen molar-refractivity contribution in [3.8, 4) is 0 Å². The summed E-state index contributed by atoms with van der Waals surface area (Å²) in [4.78, 5) is 23.1. The molecule has 2 aromatic rings. The average Bonchev–Trinajstić information content (AvgIpc) is 3.21. The van der Waals surface area contributed by atoms with Crippen LogP contribution in [0.15, 0.2) is 65.7 Å². The Morgan fingerprint density at radius 2 is 1.55 bits per heavy atom. The van der Waals surface area contributed by atoms with Gasteiger partial charge < -0.3 is 51.1 Å². The second kappa shape index (κ2) is 9.19. The maximum absolute atomic E-state index is 12.1. The predicted octanol–water partition coefficient (Wildman–Crippen LogP) is 3.95. The number of aliphatic carboxylic acids is 1. The van der Waals surface area contributed by atoms with Crippen LogP contribution in [0.3, 0.4) is 0 Å². The molecule has 0 fully saturated rings. The maximum atomic E-state index is 12.1. The van der Waals surface area contributed by atoms with Crippen molar-refractivity contribution in [2.75, 3.05) is 0 Å². The molecule has 3 rings (SSSR count). The molecule has 1 aliphatic rings. The summed E-state index contributed by atoms with van der Waals surface area (Å²) in [6, 6.07) is 17.0. The third-order valence-corrected chi connectivity index (χ3v) is 3.48. The van der Waals surface area contributed by atoms with Gasteiger partial charge in [-0.15, -0.1) is 12.0 Å². The first-order valence-electron chi connectivity index (χ1n) is 7.08. The van der Waals surface area contributed by atoms with E-state index in [-0.39, 0.29) is 22.9 Å². The van der Waals surface area contributed by atoms with Crippen molar-refractivity contribution in [2.45, 2.75) is 25.7 Å². The molecule has 0 unspecified atom stereocenters. The molecule has 0 saturated heterocycles. The smallest absolute Gasteiger partial charge is 0.303 e. The fourth-order valence-electron chi connectivity index (χ4n) is 2.41. The van der Waals surface area contributed by atoms with Crippen LogP contribution in [0, 0.1) is 0 Å². The van der Waals surface area contributed by atoms with E-state index in [2.05, 4.69) is 0 Å². The number of rotatable bonds is 3. The minimum atomic E-state index is -0.949. The Hall–Kier alpha value is -1.90. The maximum Gasteiger partial charge on any atom is 0.303 e. The van der Waals surface area contributed by atoms with Crippen molar-refractivity contribution in [3.63, 3.8) is 0 Å². The van der Waals surface area contributed by atoms with Gasteiger partial charge in [0, 0.05) is 17.1 Å². The van der Waals surface area contributed by atoms with Crippen LogP contribution in [-0.4, -0.2) is 16.9 Å². The van der Waals surface area contributed by atoms with Gasteiger partial charge in [0.05, 0.1) is 0 Å². The first-order chi connectivity index (χ1) is 10.2. The first-order valence-corrected chi connectivity index (χ1v) is 7.08. The summed E-state index contributed by atoms with van der Waals surface area (Å²) in [7, 11) is 0. The van der Waals surface area contributed by atoms with Crippen LogP contribution in [0.4, 0.5) is 0 Å². The fourth-order valence-corrected chi connectivity index (χ4v) is 2.41. The first kappa shape index (κ1) is 18.1. The summed E-state index contributed by atoms with van der Waals surface area (Å²) >= 11 is 0. The molecule has 122 valence electrons. The summed E-state index contributed by atoms with van der Waals surface area (Å²) in [6.07, 6.45) is 2.86. The van der Waals surface area contributed by atoms with Crippen molar-refractivity contribution >= 4 is 11.8 Å². The van der Waals surface area contributed by atoms with Gasteiger partial charge in [-0.25, -0.2) is 16.9 Å². The number of Topliss-reactive ketones (excluding diaryl/α,β-unsaturated/α-hetero) is 1. The van der Waals surface area contributed by atoms with E-state index in [4.69, 9.17) is 5.11 Å². The predicted molar refractivity (Wildman–Crippen MR) is 81.5 cm³/mol. The molecule has 0 amide bonds. The third kappa shape index (κ3) is 4.83. The Labute approximate surface area is 140 Å².